The summed E-state index contributed by atoms with van der Waals surface area (Å²) < 4.78 is 11.5. The molecule has 1 atom stereocenters. The molecule has 1 heterocycles. The van der Waals surface area contributed by atoms with Crippen LogP contribution in [0.3, 0.4) is 0 Å². The third-order valence-corrected chi connectivity index (χ3v) is 3.48. The van der Waals surface area contributed by atoms with E-state index < -0.39 is 0 Å². The van der Waals surface area contributed by atoms with Crippen molar-refractivity contribution in [1.82, 2.24) is 4.98 Å². The molecule has 0 aliphatic carbocycles. The Kier molecular flexibility index (Phi) is 4.84. The second-order valence-corrected chi connectivity index (χ2v) is 5.16. The fraction of sp³-hybridized carbons (Fsp3) is 0.267. The summed E-state index contributed by atoms with van der Waals surface area (Å²) in [4.78, 5) is 4.20. The molecule has 0 saturated heterocycles. The first-order valence-electron chi connectivity index (χ1n) is 6.24. The summed E-state index contributed by atoms with van der Waals surface area (Å²) >= 11 is 3.32. The average Bonchev–Trinajstić information content (AvgIpc) is 2.48. The highest BCUT2D eigenvalue weighted by atomic mass is 79.9. The van der Waals surface area contributed by atoms with Crippen molar-refractivity contribution >= 4 is 21.6 Å². The molecular formula is C15H17BrN2O2. The molecule has 1 aromatic heterocycles. The summed E-state index contributed by atoms with van der Waals surface area (Å²) in [5, 5.41) is 3.39. The summed E-state index contributed by atoms with van der Waals surface area (Å²) in [5.41, 5.74) is 1.99. The Balaban J connectivity index is 2.23. The first-order valence-corrected chi connectivity index (χ1v) is 7.03. The Morgan fingerprint density at radius 3 is 2.55 bits per heavy atom. The highest BCUT2D eigenvalue weighted by Gasteiger charge is 2.12. The van der Waals surface area contributed by atoms with Gasteiger partial charge in [0.1, 0.15) is 16.1 Å². The maximum Gasteiger partial charge on any atom is 0.124 e. The molecule has 1 N–H and O–H groups in total. The maximum atomic E-state index is 5.40. The minimum absolute atomic E-state index is 0.0722. The Bertz CT molecular complexity index is 573. The fourth-order valence-electron chi connectivity index (χ4n) is 1.97. The molecule has 0 spiro atoms. The molecule has 1 aromatic carbocycles. The van der Waals surface area contributed by atoms with Crippen LogP contribution in [0.25, 0.3) is 0 Å². The highest BCUT2D eigenvalue weighted by molar-refractivity contribution is 9.10. The molecule has 5 heteroatoms. The lowest BCUT2D eigenvalue weighted by atomic mass is 10.1. The lowest BCUT2D eigenvalue weighted by molar-refractivity contribution is 0.397. The topological polar surface area (TPSA) is 43.4 Å². The molecule has 0 aliphatic rings. The molecule has 1 unspecified atom stereocenters. The number of pyridine rings is 1. The largest absolute Gasteiger partial charge is 0.497 e. The van der Waals surface area contributed by atoms with Crippen LogP contribution in [0.5, 0.6) is 11.5 Å². The second kappa shape index (κ2) is 6.61. The van der Waals surface area contributed by atoms with Crippen molar-refractivity contribution in [2.24, 2.45) is 0 Å². The van der Waals surface area contributed by atoms with Gasteiger partial charge in [-0.3, -0.25) is 0 Å². The van der Waals surface area contributed by atoms with Crippen LogP contribution in [0.1, 0.15) is 18.5 Å². The first kappa shape index (κ1) is 14.7. The molecule has 4 nitrogen and oxygen atoms in total. The Labute approximate surface area is 127 Å². The van der Waals surface area contributed by atoms with Gasteiger partial charge in [-0.25, -0.2) is 4.98 Å². The van der Waals surface area contributed by atoms with Crippen molar-refractivity contribution in [3.05, 3.63) is 46.7 Å². The van der Waals surface area contributed by atoms with Crippen LogP contribution in [0.2, 0.25) is 0 Å². The van der Waals surface area contributed by atoms with Crippen LogP contribution in [0, 0.1) is 0 Å². The minimum atomic E-state index is 0.0722. The summed E-state index contributed by atoms with van der Waals surface area (Å²) in [6.45, 7) is 2.07. The lowest BCUT2D eigenvalue weighted by Crippen LogP contribution is -2.08. The zero-order valence-electron chi connectivity index (χ0n) is 11.7. The van der Waals surface area contributed by atoms with Crippen LogP contribution in [0.15, 0.2) is 41.1 Å². The van der Waals surface area contributed by atoms with Crippen LogP contribution < -0.4 is 14.8 Å². The predicted octanol–water partition coefficient (Wildman–Crippen LogP) is 4.03. The van der Waals surface area contributed by atoms with Crippen molar-refractivity contribution in [2.75, 3.05) is 19.5 Å². The molecule has 2 rings (SSSR count). The highest BCUT2D eigenvalue weighted by Crippen LogP contribution is 2.31. The molecule has 0 bridgehead atoms. The van der Waals surface area contributed by atoms with Crippen molar-refractivity contribution in [1.29, 1.82) is 0 Å². The quantitative estimate of drug-likeness (QED) is 0.837. The van der Waals surface area contributed by atoms with Crippen molar-refractivity contribution < 1.29 is 9.47 Å². The number of halogens is 1. The molecule has 0 fully saturated rings. The number of hydrogen-bond donors (Lipinski definition) is 1. The van der Waals surface area contributed by atoms with E-state index in [0.29, 0.717) is 0 Å². The molecule has 20 heavy (non-hydrogen) atoms. The number of aromatic nitrogens is 1. The monoisotopic (exact) mass is 336 g/mol. The van der Waals surface area contributed by atoms with E-state index in [-0.39, 0.29) is 6.04 Å². The number of rotatable bonds is 5. The van der Waals surface area contributed by atoms with E-state index in [1.807, 2.05) is 30.3 Å². The van der Waals surface area contributed by atoms with Gasteiger partial charge in [-0.15, -0.1) is 0 Å². The minimum Gasteiger partial charge on any atom is -0.497 e. The Morgan fingerprint density at radius 2 is 1.95 bits per heavy atom. The summed E-state index contributed by atoms with van der Waals surface area (Å²) in [7, 11) is 3.32. The van der Waals surface area contributed by atoms with Gasteiger partial charge in [0.2, 0.25) is 0 Å². The van der Waals surface area contributed by atoms with Crippen molar-refractivity contribution in [2.45, 2.75) is 13.0 Å². The number of hydrogen-bond acceptors (Lipinski definition) is 4. The van der Waals surface area contributed by atoms with Gasteiger partial charge in [0, 0.05) is 5.56 Å². The zero-order valence-corrected chi connectivity index (χ0v) is 13.3. The predicted molar refractivity (Wildman–Crippen MR) is 83.5 cm³/mol. The van der Waals surface area contributed by atoms with Crippen LogP contribution >= 0.6 is 15.9 Å². The summed E-state index contributed by atoms with van der Waals surface area (Å²) in [6.07, 6.45) is 1.78. The van der Waals surface area contributed by atoms with Gasteiger partial charge in [-0.05, 0) is 53.2 Å². The first-order chi connectivity index (χ1) is 9.63. The number of nitrogens with zero attached hydrogens (tertiary/aromatic N) is 1. The van der Waals surface area contributed by atoms with Crippen molar-refractivity contribution in [3.8, 4) is 11.5 Å². The van der Waals surface area contributed by atoms with Crippen LogP contribution in [-0.4, -0.2) is 19.2 Å². The molecule has 0 aliphatic heterocycles. The van der Waals surface area contributed by atoms with E-state index in [4.69, 9.17) is 9.47 Å². The maximum absolute atomic E-state index is 5.40. The van der Waals surface area contributed by atoms with Gasteiger partial charge < -0.3 is 14.8 Å². The number of ether oxygens (including phenoxy) is 2. The number of anilines is 1. The number of nitrogens with one attached hydrogen (secondary N) is 1. The second-order valence-electron chi connectivity index (χ2n) is 4.34. The van der Waals surface area contributed by atoms with E-state index in [1.54, 1.807) is 20.4 Å². The van der Waals surface area contributed by atoms with Crippen molar-refractivity contribution in [3.63, 3.8) is 0 Å². The molecule has 0 radical (unpaired) electrons. The van der Waals surface area contributed by atoms with Gasteiger partial charge in [-0.1, -0.05) is 0 Å². The van der Waals surface area contributed by atoms with E-state index in [0.717, 1.165) is 27.4 Å². The van der Waals surface area contributed by atoms with Gasteiger partial charge in [-0.2, -0.15) is 0 Å². The molecule has 2 aromatic rings. The van der Waals surface area contributed by atoms with E-state index >= 15 is 0 Å². The number of benzene rings is 1. The lowest BCUT2D eigenvalue weighted by Gasteiger charge is -2.19. The van der Waals surface area contributed by atoms with Crippen LogP contribution in [0.4, 0.5) is 5.69 Å². The van der Waals surface area contributed by atoms with E-state index in [2.05, 4.69) is 33.2 Å². The van der Waals surface area contributed by atoms with Gasteiger partial charge in [0.05, 0.1) is 32.1 Å². The molecule has 0 saturated carbocycles. The summed E-state index contributed by atoms with van der Waals surface area (Å²) in [5.74, 6) is 1.64. The molecular weight excluding hydrogens is 320 g/mol. The third-order valence-electron chi connectivity index (χ3n) is 3.01. The van der Waals surface area contributed by atoms with E-state index in [9.17, 15) is 0 Å². The fourth-order valence-corrected chi connectivity index (χ4v) is 2.20. The average molecular weight is 337 g/mol. The van der Waals surface area contributed by atoms with E-state index in [1.165, 1.54) is 0 Å². The molecule has 106 valence electrons. The third kappa shape index (κ3) is 3.42. The Morgan fingerprint density at radius 1 is 1.15 bits per heavy atom. The van der Waals surface area contributed by atoms with Gasteiger partial charge >= 0.3 is 0 Å². The Hall–Kier alpha value is -1.75. The molecule has 0 amide bonds. The normalized spacial score (nSPS) is 11.8. The van der Waals surface area contributed by atoms with Gasteiger partial charge in [0.15, 0.2) is 0 Å². The smallest absolute Gasteiger partial charge is 0.124 e. The number of methoxy groups -OCH3 is 2. The SMILES string of the molecule is COc1ccc(OC)c(C(C)Nc2ccc(Br)nc2)c1. The van der Waals surface area contributed by atoms with Gasteiger partial charge in [0.25, 0.3) is 0 Å². The summed E-state index contributed by atoms with van der Waals surface area (Å²) in [6, 6.07) is 9.71. The standard InChI is InChI=1S/C15H17BrN2O2/c1-10(18-11-4-7-15(16)17-9-11)13-8-12(19-2)5-6-14(13)20-3/h4-10,18H,1-3H3. The van der Waals surface area contributed by atoms with Crippen LogP contribution in [-0.2, 0) is 0 Å². The zero-order chi connectivity index (χ0) is 14.5.